The van der Waals surface area contributed by atoms with E-state index in [9.17, 15) is 0 Å². The van der Waals surface area contributed by atoms with Crippen LogP contribution >= 0.6 is 0 Å². The predicted octanol–water partition coefficient (Wildman–Crippen LogP) is 2.23. The molecule has 0 amide bonds. The van der Waals surface area contributed by atoms with Crippen molar-refractivity contribution < 1.29 is 4.74 Å². The second-order valence-electron chi connectivity index (χ2n) is 6.24. The molecule has 0 spiro atoms. The van der Waals surface area contributed by atoms with E-state index in [0.29, 0.717) is 5.92 Å². The van der Waals surface area contributed by atoms with Crippen molar-refractivity contribution >= 4 is 11.0 Å². The summed E-state index contributed by atoms with van der Waals surface area (Å²) < 4.78 is 7.79. The lowest BCUT2D eigenvalue weighted by atomic mass is 10.2. The maximum atomic E-state index is 5.43. The number of hydrogen-bond donors (Lipinski definition) is 0. The molecule has 5 heteroatoms. The number of imidazole rings is 1. The second-order valence-corrected chi connectivity index (χ2v) is 6.24. The summed E-state index contributed by atoms with van der Waals surface area (Å²) in [6.07, 6.45) is 1.89. The Morgan fingerprint density at radius 1 is 1.29 bits per heavy atom. The van der Waals surface area contributed by atoms with E-state index in [-0.39, 0.29) is 0 Å². The van der Waals surface area contributed by atoms with Gasteiger partial charge in [-0.1, -0.05) is 13.8 Å². The van der Waals surface area contributed by atoms with Crippen molar-refractivity contribution in [2.75, 3.05) is 26.3 Å². The van der Waals surface area contributed by atoms with Crippen LogP contribution in [0.25, 0.3) is 11.0 Å². The molecular weight excluding hydrogens is 264 g/mol. The fourth-order valence-electron chi connectivity index (χ4n) is 2.83. The molecule has 1 aliphatic heterocycles. The molecule has 0 unspecified atom stereocenters. The fraction of sp³-hybridized carbons (Fsp3) is 0.625. The van der Waals surface area contributed by atoms with Gasteiger partial charge in [-0.15, -0.1) is 0 Å². The third-order valence-electron chi connectivity index (χ3n) is 3.87. The van der Waals surface area contributed by atoms with E-state index >= 15 is 0 Å². The van der Waals surface area contributed by atoms with Crippen LogP contribution in [0.4, 0.5) is 0 Å². The third kappa shape index (κ3) is 3.24. The number of ether oxygens (including phenoxy) is 1. The zero-order chi connectivity index (χ0) is 14.8. The summed E-state index contributed by atoms with van der Waals surface area (Å²) in [5.41, 5.74) is 3.26. The molecule has 0 aliphatic carbocycles. The first-order chi connectivity index (χ1) is 10.1. The van der Waals surface area contributed by atoms with Crippen LogP contribution in [-0.2, 0) is 17.8 Å². The molecule has 114 valence electrons. The van der Waals surface area contributed by atoms with Gasteiger partial charge in [-0.25, -0.2) is 4.98 Å². The van der Waals surface area contributed by atoms with Crippen LogP contribution < -0.4 is 0 Å². The van der Waals surface area contributed by atoms with Crippen LogP contribution in [0.5, 0.6) is 0 Å². The number of pyridine rings is 1. The lowest BCUT2D eigenvalue weighted by Gasteiger charge is -2.26. The standard InChI is InChI=1S/C16H24N4O/c1-12(2)10-20-15-8-13(3)17-9-14(15)18-16(20)11-19-4-6-21-7-5-19/h8-9,12H,4-7,10-11H2,1-3H3. The van der Waals surface area contributed by atoms with Crippen LogP contribution in [0, 0.1) is 12.8 Å². The first-order valence-electron chi connectivity index (χ1n) is 7.75. The van der Waals surface area contributed by atoms with Gasteiger partial charge in [0, 0.05) is 25.3 Å². The Labute approximate surface area is 125 Å². The molecule has 0 bridgehead atoms. The number of fused-ring (bicyclic) bond motifs is 1. The van der Waals surface area contributed by atoms with E-state index in [1.807, 2.05) is 13.1 Å². The Kier molecular flexibility index (Phi) is 4.22. The van der Waals surface area contributed by atoms with Crippen molar-refractivity contribution in [3.8, 4) is 0 Å². The summed E-state index contributed by atoms with van der Waals surface area (Å²) in [7, 11) is 0. The molecule has 1 saturated heterocycles. The van der Waals surface area contributed by atoms with E-state index in [0.717, 1.165) is 56.4 Å². The molecule has 5 nitrogen and oxygen atoms in total. The smallest absolute Gasteiger partial charge is 0.124 e. The number of nitrogens with zero attached hydrogens (tertiary/aromatic N) is 4. The summed E-state index contributed by atoms with van der Waals surface area (Å²) in [6.45, 7) is 12.1. The van der Waals surface area contributed by atoms with Crippen molar-refractivity contribution in [2.45, 2.75) is 33.9 Å². The van der Waals surface area contributed by atoms with E-state index < -0.39 is 0 Å². The summed E-state index contributed by atoms with van der Waals surface area (Å²) >= 11 is 0. The molecule has 1 aliphatic rings. The van der Waals surface area contributed by atoms with Crippen LogP contribution in [0.3, 0.4) is 0 Å². The molecule has 0 aromatic carbocycles. The first-order valence-corrected chi connectivity index (χ1v) is 7.75. The Balaban J connectivity index is 1.95. The summed E-state index contributed by atoms with van der Waals surface area (Å²) in [6, 6.07) is 2.15. The summed E-state index contributed by atoms with van der Waals surface area (Å²) in [5.74, 6) is 1.74. The average Bonchev–Trinajstić information content (AvgIpc) is 2.77. The minimum atomic E-state index is 0.597. The molecule has 21 heavy (non-hydrogen) atoms. The van der Waals surface area contributed by atoms with Gasteiger partial charge in [-0.05, 0) is 18.9 Å². The zero-order valence-electron chi connectivity index (χ0n) is 13.2. The van der Waals surface area contributed by atoms with Gasteiger partial charge in [0.2, 0.25) is 0 Å². The van der Waals surface area contributed by atoms with Crippen molar-refractivity contribution in [3.05, 3.63) is 23.8 Å². The minimum absolute atomic E-state index is 0.597. The highest BCUT2D eigenvalue weighted by atomic mass is 16.5. The number of rotatable bonds is 4. The highest BCUT2D eigenvalue weighted by Gasteiger charge is 2.17. The minimum Gasteiger partial charge on any atom is -0.379 e. The molecule has 1 fully saturated rings. The van der Waals surface area contributed by atoms with Crippen LogP contribution in [0.2, 0.25) is 0 Å². The Morgan fingerprint density at radius 2 is 2.05 bits per heavy atom. The van der Waals surface area contributed by atoms with Crippen molar-refractivity contribution in [1.29, 1.82) is 0 Å². The van der Waals surface area contributed by atoms with Crippen LogP contribution in [-0.4, -0.2) is 45.7 Å². The van der Waals surface area contributed by atoms with Crippen LogP contribution in [0.15, 0.2) is 12.3 Å². The first kappa shape index (κ1) is 14.5. The normalized spacial score (nSPS) is 17.0. The van der Waals surface area contributed by atoms with E-state index in [1.54, 1.807) is 0 Å². The van der Waals surface area contributed by atoms with Crippen molar-refractivity contribution in [2.24, 2.45) is 5.92 Å². The molecule has 0 radical (unpaired) electrons. The summed E-state index contributed by atoms with van der Waals surface area (Å²) in [4.78, 5) is 11.6. The molecular formula is C16H24N4O. The monoisotopic (exact) mass is 288 g/mol. The predicted molar refractivity (Wildman–Crippen MR) is 83.2 cm³/mol. The topological polar surface area (TPSA) is 43.2 Å². The van der Waals surface area contributed by atoms with Gasteiger partial charge in [0.1, 0.15) is 11.3 Å². The Hall–Kier alpha value is -1.46. The molecule has 2 aromatic heterocycles. The highest BCUT2D eigenvalue weighted by Crippen LogP contribution is 2.19. The van der Waals surface area contributed by atoms with E-state index in [1.165, 1.54) is 5.52 Å². The summed E-state index contributed by atoms with van der Waals surface area (Å²) in [5, 5.41) is 0. The SMILES string of the molecule is Cc1cc2c(cn1)nc(CN1CCOCC1)n2CC(C)C. The lowest BCUT2D eigenvalue weighted by Crippen LogP contribution is -2.36. The second kappa shape index (κ2) is 6.12. The molecule has 3 rings (SSSR count). The average molecular weight is 288 g/mol. The Bertz CT molecular complexity index is 614. The number of hydrogen-bond acceptors (Lipinski definition) is 4. The number of morpholine rings is 1. The van der Waals surface area contributed by atoms with E-state index in [2.05, 4.69) is 34.4 Å². The maximum Gasteiger partial charge on any atom is 0.124 e. The maximum absolute atomic E-state index is 5.43. The van der Waals surface area contributed by atoms with Gasteiger partial charge in [0.05, 0.1) is 31.5 Å². The molecule has 0 N–H and O–H groups in total. The van der Waals surface area contributed by atoms with Crippen LogP contribution in [0.1, 0.15) is 25.4 Å². The Morgan fingerprint density at radius 3 is 2.76 bits per heavy atom. The zero-order valence-corrected chi connectivity index (χ0v) is 13.2. The molecule has 0 saturated carbocycles. The van der Waals surface area contributed by atoms with Crippen molar-refractivity contribution in [3.63, 3.8) is 0 Å². The van der Waals surface area contributed by atoms with Gasteiger partial charge in [-0.3, -0.25) is 9.88 Å². The quantitative estimate of drug-likeness (QED) is 0.865. The van der Waals surface area contributed by atoms with Gasteiger partial charge in [0.25, 0.3) is 0 Å². The third-order valence-corrected chi connectivity index (χ3v) is 3.87. The molecule has 3 heterocycles. The highest BCUT2D eigenvalue weighted by molar-refractivity contribution is 5.75. The lowest BCUT2D eigenvalue weighted by molar-refractivity contribution is 0.0326. The molecule has 2 aromatic rings. The largest absolute Gasteiger partial charge is 0.379 e. The fourth-order valence-corrected chi connectivity index (χ4v) is 2.83. The van der Waals surface area contributed by atoms with Gasteiger partial charge >= 0.3 is 0 Å². The van der Waals surface area contributed by atoms with E-state index in [4.69, 9.17) is 9.72 Å². The van der Waals surface area contributed by atoms with Gasteiger partial charge in [-0.2, -0.15) is 0 Å². The molecule has 0 atom stereocenters. The van der Waals surface area contributed by atoms with Gasteiger partial charge < -0.3 is 9.30 Å². The van der Waals surface area contributed by atoms with Crippen molar-refractivity contribution in [1.82, 2.24) is 19.4 Å². The number of aryl methyl sites for hydroxylation is 1. The number of aromatic nitrogens is 3. The van der Waals surface area contributed by atoms with Gasteiger partial charge in [0.15, 0.2) is 0 Å².